The first-order chi connectivity index (χ1) is 10.7. The van der Waals surface area contributed by atoms with Crippen molar-refractivity contribution >= 4 is 28.2 Å². The van der Waals surface area contributed by atoms with E-state index in [0.717, 1.165) is 41.1 Å². The molecule has 2 fully saturated rings. The molecule has 0 radical (unpaired) electrons. The van der Waals surface area contributed by atoms with Gasteiger partial charge in [-0.3, -0.25) is 4.98 Å². The zero-order chi connectivity index (χ0) is 15.0. The number of ether oxygens (including phenoxy) is 1. The van der Waals surface area contributed by atoms with Gasteiger partial charge in [0.05, 0.1) is 11.1 Å². The number of aromatic nitrogens is 1. The largest absolute Gasteiger partial charge is 0.382 e. The molecule has 4 rings (SSSR count). The zero-order valence-electron chi connectivity index (χ0n) is 12.6. The van der Waals surface area contributed by atoms with E-state index in [2.05, 4.69) is 16.4 Å². The predicted molar refractivity (Wildman–Crippen MR) is 90.5 cm³/mol. The number of benzene rings is 1. The van der Waals surface area contributed by atoms with Gasteiger partial charge in [-0.25, -0.2) is 0 Å². The Hall–Kier alpha value is -1.32. The van der Waals surface area contributed by atoms with Crippen LogP contribution in [0.3, 0.4) is 0 Å². The van der Waals surface area contributed by atoms with E-state index in [1.165, 1.54) is 25.7 Å². The number of anilines is 1. The van der Waals surface area contributed by atoms with E-state index in [0.29, 0.717) is 6.04 Å². The van der Waals surface area contributed by atoms with Crippen LogP contribution in [0.4, 0.5) is 5.69 Å². The highest BCUT2D eigenvalue weighted by atomic mass is 35.5. The van der Waals surface area contributed by atoms with Crippen molar-refractivity contribution < 1.29 is 4.74 Å². The highest BCUT2D eigenvalue weighted by Gasteiger charge is 2.39. The Morgan fingerprint density at radius 2 is 2.09 bits per heavy atom. The van der Waals surface area contributed by atoms with Gasteiger partial charge in [0.25, 0.3) is 0 Å². The first kappa shape index (κ1) is 14.3. The van der Waals surface area contributed by atoms with Crippen molar-refractivity contribution in [3.8, 4) is 0 Å². The van der Waals surface area contributed by atoms with Crippen molar-refractivity contribution in [3.05, 3.63) is 35.5 Å². The molecule has 1 unspecified atom stereocenters. The van der Waals surface area contributed by atoms with E-state index in [1.807, 2.05) is 24.4 Å². The Morgan fingerprint density at radius 1 is 1.23 bits per heavy atom. The van der Waals surface area contributed by atoms with Gasteiger partial charge in [0.2, 0.25) is 0 Å². The minimum atomic E-state index is 0.135. The number of hydrogen-bond donors (Lipinski definition) is 1. The SMILES string of the molecule is Clc1ccc2nccc(NC3CCOC4(CCCC4)C3)c2c1. The third kappa shape index (κ3) is 2.68. The lowest BCUT2D eigenvalue weighted by molar-refractivity contribution is -0.0766. The minimum Gasteiger partial charge on any atom is -0.382 e. The van der Waals surface area contributed by atoms with Crippen molar-refractivity contribution in [2.24, 2.45) is 0 Å². The van der Waals surface area contributed by atoms with E-state index >= 15 is 0 Å². The van der Waals surface area contributed by atoms with Gasteiger partial charge in [-0.05, 0) is 49.9 Å². The van der Waals surface area contributed by atoms with Gasteiger partial charge in [-0.2, -0.15) is 0 Å². The van der Waals surface area contributed by atoms with Gasteiger partial charge in [0, 0.05) is 34.9 Å². The molecule has 1 N–H and O–H groups in total. The standard InChI is InChI=1S/C18H21ClN2O/c19-13-3-4-16-15(11-13)17(5-9-20-16)21-14-6-10-22-18(12-14)7-1-2-8-18/h3-5,9,11,14H,1-2,6-8,10,12H2,(H,20,21). The fourth-order valence-corrected chi connectivity index (χ4v) is 4.16. The molecule has 1 atom stereocenters. The van der Waals surface area contributed by atoms with Crippen LogP contribution in [0.15, 0.2) is 30.5 Å². The Balaban J connectivity index is 1.59. The van der Waals surface area contributed by atoms with Gasteiger partial charge < -0.3 is 10.1 Å². The molecule has 2 aliphatic rings. The van der Waals surface area contributed by atoms with Gasteiger partial charge in [-0.15, -0.1) is 0 Å². The molecule has 1 aliphatic heterocycles. The molecule has 4 heteroatoms. The van der Waals surface area contributed by atoms with Gasteiger partial charge >= 0.3 is 0 Å². The quantitative estimate of drug-likeness (QED) is 0.864. The summed E-state index contributed by atoms with van der Waals surface area (Å²) in [6.07, 6.45) is 9.08. The average molecular weight is 317 g/mol. The lowest BCUT2D eigenvalue weighted by Crippen LogP contribution is -2.42. The van der Waals surface area contributed by atoms with Crippen LogP contribution in [-0.2, 0) is 4.74 Å². The molecule has 1 spiro atoms. The van der Waals surface area contributed by atoms with Crippen molar-refractivity contribution in [1.29, 1.82) is 0 Å². The smallest absolute Gasteiger partial charge is 0.0723 e. The predicted octanol–water partition coefficient (Wildman–Crippen LogP) is 4.79. The number of nitrogens with one attached hydrogen (secondary N) is 1. The topological polar surface area (TPSA) is 34.2 Å². The van der Waals surface area contributed by atoms with Gasteiger partial charge in [0.15, 0.2) is 0 Å². The molecule has 1 saturated heterocycles. The Labute approximate surface area is 136 Å². The summed E-state index contributed by atoms with van der Waals surface area (Å²) in [6, 6.07) is 8.39. The average Bonchev–Trinajstić information content (AvgIpc) is 2.96. The number of rotatable bonds is 2. The Bertz CT molecular complexity index is 682. The molecular weight excluding hydrogens is 296 g/mol. The summed E-state index contributed by atoms with van der Waals surface area (Å²) in [5.74, 6) is 0. The van der Waals surface area contributed by atoms with E-state index in [1.54, 1.807) is 0 Å². The van der Waals surface area contributed by atoms with Crippen LogP contribution in [0.2, 0.25) is 5.02 Å². The fraction of sp³-hybridized carbons (Fsp3) is 0.500. The van der Waals surface area contributed by atoms with Crippen LogP contribution in [0.5, 0.6) is 0 Å². The zero-order valence-corrected chi connectivity index (χ0v) is 13.4. The molecule has 116 valence electrons. The minimum absolute atomic E-state index is 0.135. The summed E-state index contributed by atoms with van der Waals surface area (Å²) >= 11 is 6.16. The van der Waals surface area contributed by atoms with Crippen LogP contribution < -0.4 is 5.32 Å². The Kier molecular flexibility index (Phi) is 3.71. The number of fused-ring (bicyclic) bond motifs is 1. The highest BCUT2D eigenvalue weighted by Crippen LogP contribution is 2.41. The first-order valence-electron chi connectivity index (χ1n) is 8.19. The van der Waals surface area contributed by atoms with Crippen molar-refractivity contribution in [1.82, 2.24) is 4.98 Å². The maximum absolute atomic E-state index is 6.16. The first-order valence-corrected chi connectivity index (χ1v) is 8.57. The van der Waals surface area contributed by atoms with Crippen LogP contribution in [-0.4, -0.2) is 23.2 Å². The second-order valence-electron chi connectivity index (χ2n) is 6.59. The van der Waals surface area contributed by atoms with Crippen molar-refractivity contribution in [3.63, 3.8) is 0 Å². The van der Waals surface area contributed by atoms with E-state index in [-0.39, 0.29) is 5.60 Å². The second-order valence-corrected chi connectivity index (χ2v) is 7.03. The molecule has 1 aromatic carbocycles. The maximum Gasteiger partial charge on any atom is 0.0723 e. The molecule has 1 aliphatic carbocycles. The fourth-order valence-electron chi connectivity index (χ4n) is 3.98. The number of pyridine rings is 1. The molecular formula is C18H21ClN2O. The molecule has 2 heterocycles. The number of halogens is 1. The number of hydrogen-bond acceptors (Lipinski definition) is 3. The highest BCUT2D eigenvalue weighted by molar-refractivity contribution is 6.31. The van der Waals surface area contributed by atoms with Crippen LogP contribution in [0, 0.1) is 0 Å². The Morgan fingerprint density at radius 3 is 2.95 bits per heavy atom. The van der Waals surface area contributed by atoms with Crippen LogP contribution >= 0.6 is 11.6 Å². The lowest BCUT2D eigenvalue weighted by atomic mass is 9.88. The normalized spacial score (nSPS) is 24.0. The van der Waals surface area contributed by atoms with Crippen molar-refractivity contribution in [2.75, 3.05) is 11.9 Å². The third-order valence-electron chi connectivity index (χ3n) is 5.07. The summed E-state index contributed by atoms with van der Waals surface area (Å²) in [6.45, 7) is 0.863. The lowest BCUT2D eigenvalue weighted by Gasteiger charge is -2.39. The molecule has 22 heavy (non-hydrogen) atoms. The van der Waals surface area contributed by atoms with Gasteiger partial charge in [0.1, 0.15) is 0 Å². The maximum atomic E-state index is 6.16. The summed E-state index contributed by atoms with van der Waals surface area (Å²) in [5.41, 5.74) is 2.25. The summed E-state index contributed by atoms with van der Waals surface area (Å²) in [7, 11) is 0. The monoisotopic (exact) mass is 316 g/mol. The van der Waals surface area contributed by atoms with Gasteiger partial charge in [-0.1, -0.05) is 24.4 Å². The molecule has 1 aromatic heterocycles. The van der Waals surface area contributed by atoms with E-state index in [9.17, 15) is 0 Å². The summed E-state index contributed by atoms with van der Waals surface area (Å²) in [5, 5.41) is 5.58. The second kappa shape index (κ2) is 5.71. The summed E-state index contributed by atoms with van der Waals surface area (Å²) in [4.78, 5) is 4.42. The molecule has 2 aromatic rings. The summed E-state index contributed by atoms with van der Waals surface area (Å²) < 4.78 is 6.13. The number of nitrogens with zero attached hydrogens (tertiary/aromatic N) is 1. The van der Waals surface area contributed by atoms with Crippen LogP contribution in [0.25, 0.3) is 10.9 Å². The molecule has 3 nitrogen and oxygen atoms in total. The molecule has 0 bridgehead atoms. The van der Waals surface area contributed by atoms with Crippen LogP contribution in [0.1, 0.15) is 38.5 Å². The third-order valence-corrected chi connectivity index (χ3v) is 5.31. The molecule has 1 saturated carbocycles. The van der Waals surface area contributed by atoms with E-state index in [4.69, 9.17) is 16.3 Å². The van der Waals surface area contributed by atoms with Crippen molar-refractivity contribution in [2.45, 2.75) is 50.2 Å². The van der Waals surface area contributed by atoms with E-state index < -0.39 is 0 Å². The molecule has 0 amide bonds.